The number of nitrogens with one attached hydrogen (secondary N) is 1. The van der Waals surface area contributed by atoms with E-state index < -0.39 is 0 Å². The van der Waals surface area contributed by atoms with Crippen LogP contribution < -0.4 is 5.32 Å². The summed E-state index contributed by atoms with van der Waals surface area (Å²) in [6, 6.07) is 2.66. The van der Waals surface area contributed by atoms with Gasteiger partial charge in [-0.15, -0.1) is 0 Å². The Morgan fingerprint density at radius 3 is 2.83 bits per heavy atom. The molecule has 1 aliphatic rings. The van der Waals surface area contributed by atoms with E-state index in [2.05, 4.69) is 34.5 Å². The molecule has 0 saturated heterocycles. The minimum absolute atomic E-state index is 0.563. The molecule has 4 heteroatoms. The molecular formula is C14H23N3S. The van der Waals surface area contributed by atoms with E-state index in [1.807, 2.05) is 18.7 Å². The average Bonchev–Trinajstić information content (AvgIpc) is 2.38. The number of nitrogens with zero attached hydrogens (tertiary/aromatic N) is 2. The van der Waals surface area contributed by atoms with Crippen molar-refractivity contribution in [2.75, 3.05) is 11.6 Å². The lowest BCUT2D eigenvalue weighted by Gasteiger charge is -2.31. The fourth-order valence-corrected chi connectivity index (χ4v) is 3.55. The van der Waals surface area contributed by atoms with Gasteiger partial charge in [0.15, 0.2) is 0 Å². The predicted molar refractivity (Wildman–Crippen MR) is 79.3 cm³/mol. The van der Waals surface area contributed by atoms with Crippen molar-refractivity contribution in [1.82, 2.24) is 9.97 Å². The Morgan fingerprint density at radius 2 is 2.11 bits per heavy atom. The summed E-state index contributed by atoms with van der Waals surface area (Å²) in [7, 11) is 0. The number of hydrogen-bond donors (Lipinski definition) is 1. The van der Waals surface area contributed by atoms with Crippen LogP contribution in [0.4, 0.5) is 5.82 Å². The number of aromatic nitrogens is 2. The quantitative estimate of drug-likeness (QED) is 0.905. The Kier molecular flexibility index (Phi) is 4.87. The predicted octanol–water partition coefficient (Wildman–Crippen LogP) is 3.43. The van der Waals surface area contributed by atoms with Crippen LogP contribution in [0.15, 0.2) is 6.07 Å². The van der Waals surface area contributed by atoms with Crippen molar-refractivity contribution in [2.24, 2.45) is 0 Å². The molecular weight excluding hydrogens is 242 g/mol. The molecule has 0 aliphatic heterocycles. The average molecular weight is 265 g/mol. The summed E-state index contributed by atoms with van der Waals surface area (Å²) in [5.41, 5.74) is 1.13. The van der Waals surface area contributed by atoms with Gasteiger partial charge in [0.1, 0.15) is 11.6 Å². The monoisotopic (exact) mass is 265 g/mol. The van der Waals surface area contributed by atoms with E-state index >= 15 is 0 Å². The molecule has 100 valence electrons. The minimum Gasteiger partial charge on any atom is -0.366 e. The van der Waals surface area contributed by atoms with Crippen molar-refractivity contribution in [3.8, 4) is 0 Å². The number of anilines is 1. The Bertz CT molecular complexity index is 395. The molecule has 18 heavy (non-hydrogen) atoms. The maximum atomic E-state index is 4.51. The molecule has 1 aromatic heterocycles. The summed E-state index contributed by atoms with van der Waals surface area (Å²) < 4.78 is 0. The molecule has 0 aromatic carbocycles. The van der Waals surface area contributed by atoms with Gasteiger partial charge in [0, 0.05) is 23.1 Å². The first kappa shape index (κ1) is 13.7. The first-order chi connectivity index (χ1) is 8.72. The standard InChI is InChI=1S/C14H23N3S/c1-4-11-9-14(16-10(2)15-11)17-12-7-5-6-8-13(12)18-3/h9,12-13H,4-8H2,1-3H3,(H,15,16,17). The van der Waals surface area contributed by atoms with Gasteiger partial charge in [-0.05, 0) is 32.4 Å². The van der Waals surface area contributed by atoms with Crippen LogP contribution in [0.25, 0.3) is 0 Å². The molecule has 2 rings (SSSR count). The number of thioether (sulfide) groups is 1. The minimum atomic E-state index is 0.563. The second-order valence-corrected chi connectivity index (χ2v) is 6.03. The largest absolute Gasteiger partial charge is 0.366 e. The van der Waals surface area contributed by atoms with Crippen molar-refractivity contribution in [3.05, 3.63) is 17.6 Å². The van der Waals surface area contributed by atoms with Crippen LogP contribution in [0, 0.1) is 6.92 Å². The molecule has 2 atom stereocenters. The van der Waals surface area contributed by atoms with E-state index in [0.29, 0.717) is 6.04 Å². The molecule has 1 aliphatic carbocycles. The summed E-state index contributed by atoms with van der Waals surface area (Å²) in [4.78, 5) is 8.94. The molecule has 0 radical (unpaired) electrons. The molecule has 0 spiro atoms. The van der Waals surface area contributed by atoms with Crippen molar-refractivity contribution in [2.45, 2.75) is 57.2 Å². The Labute approximate surface area is 114 Å². The van der Waals surface area contributed by atoms with Gasteiger partial charge in [0.05, 0.1) is 0 Å². The van der Waals surface area contributed by atoms with Crippen LogP contribution in [0.5, 0.6) is 0 Å². The SMILES string of the molecule is CCc1cc(NC2CCCCC2SC)nc(C)n1. The van der Waals surface area contributed by atoms with Crippen molar-refractivity contribution in [3.63, 3.8) is 0 Å². The lowest BCUT2D eigenvalue weighted by Crippen LogP contribution is -2.34. The van der Waals surface area contributed by atoms with E-state index in [4.69, 9.17) is 0 Å². The van der Waals surface area contributed by atoms with Gasteiger partial charge in [0.2, 0.25) is 0 Å². The van der Waals surface area contributed by atoms with Crippen LogP contribution in [-0.2, 0) is 6.42 Å². The van der Waals surface area contributed by atoms with Gasteiger partial charge >= 0.3 is 0 Å². The fraction of sp³-hybridized carbons (Fsp3) is 0.714. The van der Waals surface area contributed by atoms with Gasteiger partial charge in [-0.1, -0.05) is 19.8 Å². The molecule has 2 unspecified atom stereocenters. The number of aryl methyl sites for hydroxylation is 2. The third-order valence-corrected chi connectivity index (χ3v) is 4.76. The molecule has 0 amide bonds. The molecule has 1 N–H and O–H groups in total. The maximum Gasteiger partial charge on any atom is 0.130 e. The summed E-state index contributed by atoms with van der Waals surface area (Å²) in [5.74, 6) is 1.87. The lowest BCUT2D eigenvalue weighted by atomic mass is 9.95. The zero-order valence-electron chi connectivity index (χ0n) is 11.6. The second-order valence-electron chi connectivity index (χ2n) is 4.95. The molecule has 0 bridgehead atoms. The first-order valence-corrected chi connectivity index (χ1v) is 8.15. The van der Waals surface area contributed by atoms with E-state index in [1.54, 1.807) is 0 Å². The van der Waals surface area contributed by atoms with Crippen LogP contribution in [-0.4, -0.2) is 27.5 Å². The highest BCUT2D eigenvalue weighted by atomic mass is 32.2. The van der Waals surface area contributed by atoms with Crippen LogP contribution in [0.3, 0.4) is 0 Å². The molecule has 3 nitrogen and oxygen atoms in total. The van der Waals surface area contributed by atoms with Gasteiger partial charge in [0.25, 0.3) is 0 Å². The third kappa shape index (κ3) is 3.37. The van der Waals surface area contributed by atoms with Gasteiger partial charge in [-0.2, -0.15) is 11.8 Å². The zero-order chi connectivity index (χ0) is 13.0. The van der Waals surface area contributed by atoms with Gasteiger partial charge in [-0.3, -0.25) is 0 Å². The van der Waals surface area contributed by atoms with Gasteiger partial charge in [-0.25, -0.2) is 9.97 Å². The topological polar surface area (TPSA) is 37.8 Å². The van der Waals surface area contributed by atoms with Crippen LogP contribution in [0.1, 0.15) is 44.1 Å². The fourth-order valence-electron chi connectivity index (χ4n) is 2.62. The second kappa shape index (κ2) is 6.41. The Hall–Kier alpha value is -0.770. The Morgan fingerprint density at radius 1 is 1.33 bits per heavy atom. The smallest absolute Gasteiger partial charge is 0.130 e. The highest BCUT2D eigenvalue weighted by Crippen LogP contribution is 2.29. The molecule has 1 heterocycles. The number of hydrogen-bond acceptors (Lipinski definition) is 4. The van der Waals surface area contributed by atoms with E-state index in [1.165, 1.54) is 25.7 Å². The van der Waals surface area contributed by atoms with Crippen LogP contribution >= 0.6 is 11.8 Å². The highest BCUT2D eigenvalue weighted by Gasteiger charge is 2.24. The normalized spacial score (nSPS) is 23.9. The maximum absolute atomic E-state index is 4.51. The van der Waals surface area contributed by atoms with Crippen molar-refractivity contribution in [1.29, 1.82) is 0 Å². The van der Waals surface area contributed by atoms with Crippen LogP contribution in [0.2, 0.25) is 0 Å². The summed E-state index contributed by atoms with van der Waals surface area (Å²) >= 11 is 1.98. The number of rotatable bonds is 4. The molecule has 1 saturated carbocycles. The first-order valence-electron chi connectivity index (χ1n) is 6.86. The molecule has 1 fully saturated rings. The van der Waals surface area contributed by atoms with Crippen molar-refractivity contribution < 1.29 is 0 Å². The van der Waals surface area contributed by atoms with E-state index in [0.717, 1.165) is 29.0 Å². The Balaban J connectivity index is 2.09. The van der Waals surface area contributed by atoms with E-state index in [-0.39, 0.29) is 0 Å². The highest BCUT2D eigenvalue weighted by molar-refractivity contribution is 7.99. The molecule has 1 aromatic rings. The van der Waals surface area contributed by atoms with Crippen molar-refractivity contribution >= 4 is 17.6 Å². The zero-order valence-corrected chi connectivity index (χ0v) is 12.4. The summed E-state index contributed by atoms with van der Waals surface area (Å²) in [5, 5.41) is 4.35. The third-order valence-electron chi connectivity index (χ3n) is 3.59. The summed E-state index contributed by atoms with van der Waals surface area (Å²) in [6.07, 6.45) is 8.47. The van der Waals surface area contributed by atoms with Gasteiger partial charge < -0.3 is 5.32 Å². The van der Waals surface area contributed by atoms with E-state index in [9.17, 15) is 0 Å². The lowest BCUT2D eigenvalue weighted by molar-refractivity contribution is 0.474. The summed E-state index contributed by atoms with van der Waals surface area (Å²) in [6.45, 7) is 4.11.